The van der Waals surface area contributed by atoms with Gasteiger partial charge in [-0.15, -0.1) is 0 Å². The maximum atomic E-state index is 10.0. The molecule has 4 nitrogen and oxygen atoms in total. The van der Waals surface area contributed by atoms with Gasteiger partial charge in [-0.2, -0.15) is 0 Å². The average Bonchev–Trinajstić information content (AvgIpc) is 2.41. The summed E-state index contributed by atoms with van der Waals surface area (Å²) >= 11 is 0. The molecule has 1 aliphatic heterocycles. The number of hydrogen-bond acceptors (Lipinski definition) is 4. The van der Waals surface area contributed by atoms with Crippen LogP contribution < -0.4 is 0 Å². The fraction of sp³-hybridized carbons (Fsp3) is 1.00. The van der Waals surface area contributed by atoms with Crippen LogP contribution in [0.15, 0.2) is 0 Å². The Hall–Kier alpha value is -0.0951. The predicted octanol–water partition coefficient (Wildman–Crippen LogP) is -0.846. The van der Waals surface area contributed by atoms with Gasteiger partial charge in [0.15, 0.2) is 0 Å². The van der Waals surface area contributed by atoms with Gasteiger partial charge in [0, 0.05) is 6.00 Å². The van der Waals surface area contributed by atoms with Gasteiger partial charge in [-0.25, -0.2) is 0 Å². The van der Waals surface area contributed by atoms with Crippen molar-refractivity contribution < 1.29 is 20.1 Å². The number of aliphatic hydroxyl groups excluding tert-OH is 2. The maximum absolute atomic E-state index is 10.0. The lowest BCUT2D eigenvalue weighted by atomic mass is 9.76. The van der Waals surface area contributed by atoms with E-state index in [1.165, 1.54) is 0 Å². The fourth-order valence-corrected chi connectivity index (χ4v) is 1.94. The van der Waals surface area contributed by atoms with Crippen molar-refractivity contribution in [2.45, 2.75) is 50.0 Å². The van der Waals surface area contributed by atoms with E-state index in [2.05, 4.69) is 0 Å². The first-order valence-corrected chi connectivity index (χ1v) is 4.91. The molecular formula is C9H17BO4. The lowest BCUT2D eigenvalue weighted by Gasteiger charge is -2.32. The minimum Gasteiger partial charge on any atom is -0.393 e. The minimum atomic E-state index is -1.46. The van der Waals surface area contributed by atoms with Crippen LogP contribution in [0.5, 0.6) is 0 Å². The quantitative estimate of drug-likeness (QED) is 0.519. The van der Waals surface area contributed by atoms with Gasteiger partial charge in [-0.3, -0.25) is 0 Å². The lowest BCUT2D eigenvalue weighted by molar-refractivity contribution is -0.110. The highest BCUT2D eigenvalue weighted by Crippen LogP contribution is 2.40. The lowest BCUT2D eigenvalue weighted by Crippen LogP contribution is -2.52. The molecule has 5 heteroatoms. The van der Waals surface area contributed by atoms with E-state index >= 15 is 0 Å². The molecule has 1 saturated heterocycles. The highest BCUT2D eigenvalue weighted by atomic mass is 16.6. The Labute approximate surface area is 85.3 Å². The van der Waals surface area contributed by atoms with E-state index in [1.54, 1.807) is 13.8 Å². The normalized spacial score (nSPS) is 48.4. The van der Waals surface area contributed by atoms with Gasteiger partial charge < -0.3 is 20.1 Å². The van der Waals surface area contributed by atoms with Crippen molar-refractivity contribution in [1.82, 2.24) is 0 Å². The Kier molecular flexibility index (Phi) is 3.26. The highest BCUT2D eigenvalue weighted by Gasteiger charge is 2.58. The topological polar surface area (TPSA) is 69.9 Å². The number of hydrogen-bond donors (Lipinski definition) is 3. The molecule has 1 fully saturated rings. The molecule has 0 aromatic carbocycles. The highest BCUT2D eigenvalue weighted by molar-refractivity contribution is 6.12. The van der Waals surface area contributed by atoms with Crippen LogP contribution in [-0.2, 0) is 4.74 Å². The van der Waals surface area contributed by atoms with Crippen molar-refractivity contribution >= 4 is 7.85 Å². The van der Waals surface area contributed by atoms with Gasteiger partial charge in [-0.05, 0) is 12.8 Å². The van der Waals surface area contributed by atoms with Crippen LogP contribution in [0.3, 0.4) is 0 Å². The average molecular weight is 200 g/mol. The summed E-state index contributed by atoms with van der Waals surface area (Å²) < 4.78 is 5.29. The van der Waals surface area contributed by atoms with Crippen molar-refractivity contribution in [1.29, 1.82) is 0 Å². The van der Waals surface area contributed by atoms with Gasteiger partial charge in [-0.1, -0.05) is 13.8 Å². The molecular weight excluding hydrogens is 183 g/mol. The maximum Gasteiger partial charge on any atom is 0.119 e. The van der Waals surface area contributed by atoms with E-state index in [0.29, 0.717) is 6.42 Å². The molecule has 0 spiro atoms. The third-order valence-electron chi connectivity index (χ3n) is 3.26. The zero-order chi connectivity index (χ0) is 11.0. The molecule has 1 heterocycles. The zero-order valence-corrected chi connectivity index (χ0v) is 8.60. The van der Waals surface area contributed by atoms with Gasteiger partial charge in [0.2, 0.25) is 0 Å². The smallest absolute Gasteiger partial charge is 0.119 e. The van der Waals surface area contributed by atoms with E-state index in [9.17, 15) is 15.3 Å². The first kappa shape index (κ1) is 12.0. The Bertz CT molecular complexity index is 207. The Balaban J connectivity index is 2.98. The molecule has 0 saturated carbocycles. The molecule has 0 aromatic heterocycles. The third kappa shape index (κ3) is 1.39. The first-order chi connectivity index (χ1) is 6.46. The monoisotopic (exact) mass is 200 g/mol. The summed E-state index contributed by atoms with van der Waals surface area (Å²) in [6.07, 6.45) is -0.456. The molecule has 0 amide bonds. The van der Waals surface area contributed by atoms with E-state index in [1.807, 2.05) is 0 Å². The SMILES string of the molecule is [B][C@@H]1O[C@](CC)(CO)[C@@H](O)[C@]1(O)CC. The minimum absolute atomic E-state index is 0.289. The largest absolute Gasteiger partial charge is 0.393 e. The van der Waals surface area contributed by atoms with E-state index in [4.69, 9.17) is 12.6 Å². The summed E-state index contributed by atoms with van der Waals surface area (Å²) in [5, 5.41) is 29.1. The molecule has 2 radical (unpaired) electrons. The van der Waals surface area contributed by atoms with Crippen LogP contribution in [0.4, 0.5) is 0 Å². The van der Waals surface area contributed by atoms with Crippen LogP contribution >= 0.6 is 0 Å². The molecule has 80 valence electrons. The number of ether oxygens (including phenoxy) is 1. The Morgan fingerprint density at radius 2 is 1.93 bits per heavy atom. The van der Waals surface area contributed by atoms with Gasteiger partial charge in [0.05, 0.1) is 6.61 Å². The van der Waals surface area contributed by atoms with Crippen LogP contribution in [0.1, 0.15) is 26.7 Å². The molecule has 0 aliphatic carbocycles. The number of rotatable bonds is 3. The van der Waals surface area contributed by atoms with E-state index in [-0.39, 0.29) is 13.0 Å². The Morgan fingerprint density at radius 3 is 2.14 bits per heavy atom. The molecule has 1 aliphatic rings. The van der Waals surface area contributed by atoms with Gasteiger partial charge in [0.1, 0.15) is 25.2 Å². The Morgan fingerprint density at radius 1 is 1.36 bits per heavy atom. The van der Waals surface area contributed by atoms with Crippen LogP contribution in [0.25, 0.3) is 0 Å². The van der Waals surface area contributed by atoms with Crippen molar-refractivity contribution in [2.24, 2.45) is 0 Å². The van der Waals surface area contributed by atoms with Gasteiger partial charge >= 0.3 is 0 Å². The van der Waals surface area contributed by atoms with Crippen molar-refractivity contribution in [3.05, 3.63) is 0 Å². The van der Waals surface area contributed by atoms with Crippen LogP contribution in [0.2, 0.25) is 0 Å². The second-order valence-electron chi connectivity index (χ2n) is 3.86. The molecule has 3 N–H and O–H groups in total. The molecule has 0 unspecified atom stereocenters. The van der Waals surface area contributed by atoms with E-state index in [0.717, 1.165) is 0 Å². The molecule has 0 bridgehead atoms. The third-order valence-corrected chi connectivity index (χ3v) is 3.26. The van der Waals surface area contributed by atoms with Crippen LogP contribution in [-0.4, -0.2) is 53.1 Å². The standard InChI is InChI=1S/C9H17BO4/c1-3-8(5-11)6(12)9(13,4-2)7(10)14-8/h6-7,11-13H,3-5H2,1-2H3/t6-,7-,8-,9-/m1/s1. The van der Waals surface area contributed by atoms with Crippen molar-refractivity contribution in [3.8, 4) is 0 Å². The van der Waals surface area contributed by atoms with E-state index < -0.39 is 23.3 Å². The van der Waals surface area contributed by atoms with Gasteiger partial charge in [0.25, 0.3) is 0 Å². The summed E-state index contributed by atoms with van der Waals surface area (Å²) in [5.74, 6) is 0. The molecule has 14 heavy (non-hydrogen) atoms. The second kappa shape index (κ2) is 3.81. The second-order valence-corrected chi connectivity index (χ2v) is 3.86. The number of aliphatic hydroxyl groups is 3. The molecule has 1 rings (SSSR count). The first-order valence-electron chi connectivity index (χ1n) is 4.91. The molecule has 4 atom stereocenters. The summed E-state index contributed by atoms with van der Waals surface area (Å²) in [4.78, 5) is 0. The molecule has 0 aromatic rings. The zero-order valence-electron chi connectivity index (χ0n) is 8.60. The van der Waals surface area contributed by atoms with Crippen LogP contribution in [0, 0.1) is 0 Å². The summed E-state index contributed by atoms with van der Waals surface area (Å²) in [7, 11) is 5.60. The summed E-state index contributed by atoms with van der Waals surface area (Å²) in [6, 6.07) is -0.949. The fourth-order valence-electron chi connectivity index (χ4n) is 1.94. The van der Waals surface area contributed by atoms with Crippen molar-refractivity contribution in [3.63, 3.8) is 0 Å². The summed E-state index contributed by atoms with van der Waals surface area (Å²) in [5.41, 5.74) is -2.58. The van der Waals surface area contributed by atoms with Crippen molar-refractivity contribution in [2.75, 3.05) is 6.61 Å². The summed E-state index contributed by atoms with van der Waals surface area (Å²) in [6.45, 7) is 3.14. The predicted molar refractivity (Wildman–Crippen MR) is 52.0 cm³/mol.